The van der Waals surface area contributed by atoms with Gasteiger partial charge >= 0.3 is 0 Å². The van der Waals surface area contributed by atoms with Crippen molar-refractivity contribution in [2.24, 2.45) is 4.99 Å². The second kappa shape index (κ2) is 10.7. The van der Waals surface area contributed by atoms with Gasteiger partial charge in [0.05, 0.1) is 13.2 Å². The number of nitrogens with one attached hydrogen (secondary N) is 2. The quantitative estimate of drug-likeness (QED) is 0.552. The van der Waals surface area contributed by atoms with Gasteiger partial charge in [-0.3, -0.25) is 4.79 Å². The van der Waals surface area contributed by atoms with Gasteiger partial charge in [0, 0.05) is 38.2 Å². The van der Waals surface area contributed by atoms with Crippen LogP contribution in [0.25, 0.3) is 0 Å². The van der Waals surface area contributed by atoms with Crippen LogP contribution in [-0.2, 0) is 11.3 Å². The lowest BCUT2D eigenvalue weighted by Crippen LogP contribution is -2.39. The number of ether oxygens (including phenoxy) is 1. The van der Waals surface area contributed by atoms with E-state index in [1.54, 1.807) is 0 Å². The Morgan fingerprint density at radius 1 is 1.23 bits per heavy atom. The number of benzene rings is 1. The zero-order valence-corrected chi connectivity index (χ0v) is 16.3. The van der Waals surface area contributed by atoms with Crippen molar-refractivity contribution in [1.29, 1.82) is 0 Å². The molecule has 1 aliphatic heterocycles. The predicted molar refractivity (Wildman–Crippen MR) is 106 cm³/mol. The lowest BCUT2D eigenvalue weighted by molar-refractivity contribution is -0.129. The van der Waals surface area contributed by atoms with Crippen molar-refractivity contribution in [3.05, 3.63) is 29.3 Å². The fourth-order valence-corrected chi connectivity index (χ4v) is 3.00. The number of likely N-dealkylation sites (tertiary alicyclic amines) is 1. The Kier molecular flexibility index (Phi) is 8.25. The zero-order valence-electron chi connectivity index (χ0n) is 16.3. The van der Waals surface area contributed by atoms with E-state index >= 15 is 0 Å². The standard InChI is InChI=1S/C20H32N4O2/c1-4-21-20(22-11-10-19(25)24-12-6-7-13-24)23-15-17-9-8-16(3)14-18(17)26-5-2/h8-9,14H,4-7,10-13,15H2,1-3H3,(H2,21,22,23). The first kappa shape index (κ1) is 20.1. The molecule has 2 rings (SSSR count). The van der Waals surface area contributed by atoms with Crippen molar-refractivity contribution in [2.75, 3.05) is 32.8 Å². The number of rotatable bonds is 8. The van der Waals surface area contributed by atoms with E-state index in [2.05, 4.69) is 34.7 Å². The Morgan fingerprint density at radius 2 is 2.00 bits per heavy atom. The van der Waals surface area contributed by atoms with Gasteiger partial charge in [-0.25, -0.2) is 4.99 Å². The van der Waals surface area contributed by atoms with E-state index in [0.717, 1.165) is 49.7 Å². The molecule has 1 aliphatic rings. The van der Waals surface area contributed by atoms with Gasteiger partial charge in [-0.1, -0.05) is 12.1 Å². The van der Waals surface area contributed by atoms with Crippen LogP contribution in [0.5, 0.6) is 5.75 Å². The van der Waals surface area contributed by atoms with Gasteiger partial charge in [-0.05, 0) is 45.2 Å². The first-order valence-corrected chi connectivity index (χ1v) is 9.66. The van der Waals surface area contributed by atoms with Crippen LogP contribution in [-0.4, -0.2) is 49.6 Å². The second-order valence-corrected chi connectivity index (χ2v) is 6.50. The summed E-state index contributed by atoms with van der Waals surface area (Å²) in [7, 11) is 0. The number of amides is 1. The number of guanidine groups is 1. The largest absolute Gasteiger partial charge is 0.494 e. The van der Waals surface area contributed by atoms with Crippen LogP contribution in [0.15, 0.2) is 23.2 Å². The predicted octanol–water partition coefficient (Wildman–Crippen LogP) is 2.46. The van der Waals surface area contributed by atoms with E-state index < -0.39 is 0 Å². The fourth-order valence-electron chi connectivity index (χ4n) is 3.00. The molecule has 144 valence electrons. The van der Waals surface area contributed by atoms with Crippen molar-refractivity contribution in [1.82, 2.24) is 15.5 Å². The minimum Gasteiger partial charge on any atom is -0.494 e. The number of aliphatic imine (C=N–C) groups is 1. The molecular weight excluding hydrogens is 328 g/mol. The molecule has 6 nitrogen and oxygen atoms in total. The number of hydrogen-bond donors (Lipinski definition) is 2. The summed E-state index contributed by atoms with van der Waals surface area (Å²) in [4.78, 5) is 18.7. The number of hydrogen-bond acceptors (Lipinski definition) is 3. The minimum absolute atomic E-state index is 0.225. The molecule has 0 radical (unpaired) electrons. The van der Waals surface area contributed by atoms with Crippen LogP contribution in [0, 0.1) is 6.92 Å². The molecule has 1 saturated heterocycles. The highest BCUT2D eigenvalue weighted by atomic mass is 16.5. The molecule has 2 N–H and O–H groups in total. The van der Waals surface area contributed by atoms with Crippen molar-refractivity contribution >= 4 is 11.9 Å². The topological polar surface area (TPSA) is 66.0 Å². The lowest BCUT2D eigenvalue weighted by atomic mass is 10.1. The number of carbonyl (C=O) groups is 1. The average molecular weight is 361 g/mol. The van der Waals surface area contributed by atoms with E-state index in [-0.39, 0.29) is 5.91 Å². The average Bonchev–Trinajstić information content (AvgIpc) is 3.16. The molecule has 0 saturated carbocycles. The van der Waals surface area contributed by atoms with E-state index in [9.17, 15) is 4.79 Å². The van der Waals surface area contributed by atoms with Gasteiger partial charge in [-0.15, -0.1) is 0 Å². The second-order valence-electron chi connectivity index (χ2n) is 6.50. The summed E-state index contributed by atoms with van der Waals surface area (Å²) < 4.78 is 5.72. The molecule has 1 aromatic rings. The maximum absolute atomic E-state index is 12.1. The summed E-state index contributed by atoms with van der Waals surface area (Å²) in [5.74, 6) is 1.84. The van der Waals surface area contributed by atoms with Crippen molar-refractivity contribution in [3.8, 4) is 5.75 Å². The van der Waals surface area contributed by atoms with Crippen molar-refractivity contribution in [3.63, 3.8) is 0 Å². The molecule has 0 spiro atoms. The normalized spacial score (nSPS) is 14.4. The summed E-state index contributed by atoms with van der Waals surface area (Å²) in [6, 6.07) is 6.18. The third-order valence-corrected chi connectivity index (χ3v) is 4.36. The van der Waals surface area contributed by atoms with Crippen LogP contribution < -0.4 is 15.4 Å². The molecule has 6 heteroatoms. The van der Waals surface area contributed by atoms with Crippen molar-refractivity contribution < 1.29 is 9.53 Å². The van der Waals surface area contributed by atoms with E-state index in [4.69, 9.17) is 4.74 Å². The van der Waals surface area contributed by atoms with Gasteiger partial charge < -0.3 is 20.3 Å². The molecule has 0 aromatic heterocycles. The third-order valence-electron chi connectivity index (χ3n) is 4.36. The van der Waals surface area contributed by atoms with Crippen LogP contribution in [0.1, 0.15) is 44.2 Å². The molecule has 1 amide bonds. The molecule has 1 aromatic carbocycles. The maximum Gasteiger partial charge on any atom is 0.224 e. The van der Waals surface area contributed by atoms with Gasteiger partial charge in [0.25, 0.3) is 0 Å². The summed E-state index contributed by atoms with van der Waals surface area (Å²) in [6.45, 7) is 10.4. The summed E-state index contributed by atoms with van der Waals surface area (Å²) in [5.41, 5.74) is 2.23. The molecule has 0 aliphatic carbocycles. The zero-order chi connectivity index (χ0) is 18.8. The molecule has 26 heavy (non-hydrogen) atoms. The number of aryl methyl sites for hydroxylation is 1. The first-order chi connectivity index (χ1) is 12.6. The third kappa shape index (κ3) is 6.24. The smallest absolute Gasteiger partial charge is 0.224 e. The SMILES string of the molecule is CCNC(=NCc1ccc(C)cc1OCC)NCCC(=O)N1CCCC1. The monoisotopic (exact) mass is 360 g/mol. The van der Waals surface area contributed by atoms with Crippen LogP contribution in [0.3, 0.4) is 0 Å². The Hall–Kier alpha value is -2.24. The van der Waals surface area contributed by atoms with Crippen molar-refractivity contribution in [2.45, 2.75) is 46.6 Å². The van der Waals surface area contributed by atoms with Gasteiger partial charge in [0.1, 0.15) is 5.75 Å². The molecular formula is C20H32N4O2. The highest BCUT2D eigenvalue weighted by molar-refractivity contribution is 5.81. The Labute approximate surface area is 157 Å². The van der Waals surface area contributed by atoms with Crippen LogP contribution in [0.4, 0.5) is 0 Å². The molecule has 0 bridgehead atoms. The summed E-state index contributed by atoms with van der Waals surface area (Å²) in [6.07, 6.45) is 2.75. The highest BCUT2D eigenvalue weighted by Gasteiger charge is 2.17. The summed E-state index contributed by atoms with van der Waals surface area (Å²) >= 11 is 0. The summed E-state index contributed by atoms with van der Waals surface area (Å²) in [5, 5.41) is 6.49. The number of carbonyl (C=O) groups excluding carboxylic acids is 1. The van der Waals surface area contributed by atoms with Gasteiger partial charge in [0.2, 0.25) is 5.91 Å². The van der Waals surface area contributed by atoms with Crippen LogP contribution >= 0.6 is 0 Å². The lowest BCUT2D eigenvalue weighted by Gasteiger charge is -2.16. The van der Waals surface area contributed by atoms with Gasteiger partial charge in [0.15, 0.2) is 5.96 Å². The molecule has 0 unspecified atom stereocenters. The number of nitrogens with zero attached hydrogens (tertiary/aromatic N) is 2. The van der Waals surface area contributed by atoms with E-state index in [1.165, 1.54) is 5.56 Å². The van der Waals surface area contributed by atoms with E-state index in [1.807, 2.05) is 24.8 Å². The molecule has 1 heterocycles. The minimum atomic E-state index is 0.225. The van der Waals surface area contributed by atoms with Gasteiger partial charge in [-0.2, -0.15) is 0 Å². The van der Waals surface area contributed by atoms with E-state index in [0.29, 0.717) is 26.1 Å². The molecule has 0 atom stereocenters. The fraction of sp³-hybridized carbons (Fsp3) is 0.600. The van der Waals surface area contributed by atoms with Crippen LogP contribution in [0.2, 0.25) is 0 Å². The highest BCUT2D eigenvalue weighted by Crippen LogP contribution is 2.21. The molecule has 1 fully saturated rings. The maximum atomic E-state index is 12.1. The Balaban J connectivity index is 1.90. The Morgan fingerprint density at radius 3 is 2.69 bits per heavy atom. The first-order valence-electron chi connectivity index (χ1n) is 9.66. The Bertz CT molecular complexity index is 610.